The number of rotatable bonds is 7. The molecule has 148 valence electrons. The second kappa shape index (κ2) is 8.45. The van der Waals surface area contributed by atoms with Crippen molar-refractivity contribution in [1.82, 2.24) is 4.98 Å². The normalized spacial score (nSPS) is 13.0. The SMILES string of the molecule is Cc1nc(COc2cccc(C(=O)Nc3cccc(NC(=O)C4CC4)c3)c2)cs1. The first kappa shape index (κ1) is 19.1. The van der Waals surface area contributed by atoms with Gasteiger partial charge in [0.05, 0.1) is 10.7 Å². The van der Waals surface area contributed by atoms with E-state index in [1.807, 2.05) is 24.4 Å². The first-order chi connectivity index (χ1) is 14.1. The summed E-state index contributed by atoms with van der Waals surface area (Å²) < 4.78 is 5.75. The van der Waals surface area contributed by atoms with Crippen LogP contribution in [0, 0.1) is 12.8 Å². The van der Waals surface area contributed by atoms with Crippen LogP contribution in [0.25, 0.3) is 0 Å². The van der Waals surface area contributed by atoms with Gasteiger partial charge in [0.15, 0.2) is 0 Å². The van der Waals surface area contributed by atoms with Crippen molar-refractivity contribution in [1.29, 1.82) is 0 Å². The maximum Gasteiger partial charge on any atom is 0.255 e. The number of aryl methyl sites for hydroxylation is 1. The molecule has 1 aliphatic carbocycles. The molecule has 0 saturated heterocycles. The Morgan fingerprint density at radius 1 is 1.10 bits per heavy atom. The number of anilines is 2. The molecule has 1 aliphatic rings. The third-order valence-corrected chi connectivity index (χ3v) is 5.31. The molecule has 3 aromatic rings. The van der Waals surface area contributed by atoms with Crippen LogP contribution in [0.5, 0.6) is 5.75 Å². The largest absolute Gasteiger partial charge is 0.487 e. The van der Waals surface area contributed by atoms with E-state index in [0.717, 1.165) is 23.5 Å². The summed E-state index contributed by atoms with van der Waals surface area (Å²) >= 11 is 1.58. The van der Waals surface area contributed by atoms with Gasteiger partial charge in [-0.15, -0.1) is 11.3 Å². The van der Waals surface area contributed by atoms with Gasteiger partial charge < -0.3 is 15.4 Å². The fourth-order valence-corrected chi connectivity index (χ4v) is 3.42. The molecule has 0 atom stereocenters. The summed E-state index contributed by atoms with van der Waals surface area (Å²) in [7, 11) is 0. The van der Waals surface area contributed by atoms with Crippen molar-refractivity contribution in [2.24, 2.45) is 5.92 Å². The van der Waals surface area contributed by atoms with Crippen LogP contribution in [0.2, 0.25) is 0 Å². The highest BCUT2D eigenvalue weighted by atomic mass is 32.1. The molecule has 0 unspecified atom stereocenters. The molecule has 0 bridgehead atoms. The van der Waals surface area contributed by atoms with Gasteiger partial charge in [0.25, 0.3) is 5.91 Å². The Kier molecular flexibility index (Phi) is 5.57. The number of amides is 2. The van der Waals surface area contributed by atoms with E-state index in [1.54, 1.807) is 47.7 Å². The minimum Gasteiger partial charge on any atom is -0.487 e. The summed E-state index contributed by atoms with van der Waals surface area (Å²) in [6, 6.07) is 14.2. The molecule has 0 aliphatic heterocycles. The molecule has 1 heterocycles. The van der Waals surface area contributed by atoms with Gasteiger partial charge in [0, 0.05) is 28.2 Å². The molecule has 7 heteroatoms. The zero-order valence-electron chi connectivity index (χ0n) is 16.0. The van der Waals surface area contributed by atoms with Crippen molar-refractivity contribution in [2.75, 3.05) is 10.6 Å². The van der Waals surface area contributed by atoms with Crippen LogP contribution in [-0.4, -0.2) is 16.8 Å². The molecule has 1 saturated carbocycles. The number of hydrogen-bond donors (Lipinski definition) is 2. The molecule has 29 heavy (non-hydrogen) atoms. The lowest BCUT2D eigenvalue weighted by Crippen LogP contribution is -2.14. The maximum atomic E-state index is 12.6. The van der Waals surface area contributed by atoms with Crippen LogP contribution in [0.3, 0.4) is 0 Å². The van der Waals surface area contributed by atoms with Crippen molar-refractivity contribution in [3.8, 4) is 5.75 Å². The summed E-state index contributed by atoms with van der Waals surface area (Å²) in [5, 5.41) is 8.70. The van der Waals surface area contributed by atoms with Crippen molar-refractivity contribution in [3.05, 3.63) is 70.2 Å². The highest BCUT2D eigenvalue weighted by Crippen LogP contribution is 2.30. The van der Waals surface area contributed by atoms with Gasteiger partial charge >= 0.3 is 0 Å². The van der Waals surface area contributed by atoms with Crippen LogP contribution in [0.4, 0.5) is 11.4 Å². The minimum atomic E-state index is -0.245. The number of nitrogens with one attached hydrogen (secondary N) is 2. The average molecular weight is 407 g/mol. The molecular weight excluding hydrogens is 386 g/mol. The number of thiazole rings is 1. The van der Waals surface area contributed by atoms with E-state index in [4.69, 9.17) is 4.74 Å². The van der Waals surface area contributed by atoms with E-state index in [-0.39, 0.29) is 17.7 Å². The van der Waals surface area contributed by atoms with Gasteiger partial charge in [0.2, 0.25) is 5.91 Å². The standard InChI is InChI=1S/C22H21N3O3S/c1-14-23-19(13-29-14)12-28-20-7-2-4-16(10-20)22(27)25-18-6-3-5-17(11-18)24-21(26)15-8-9-15/h2-7,10-11,13,15H,8-9,12H2,1H3,(H,24,26)(H,25,27). The Balaban J connectivity index is 1.38. The Hall–Kier alpha value is -3.19. The number of ether oxygens (including phenoxy) is 1. The summed E-state index contributed by atoms with van der Waals surface area (Å²) in [5.41, 5.74) is 2.65. The first-order valence-corrected chi connectivity index (χ1v) is 10.3. The van der Waals surface area contributed by atoms with E-state index >= 15 is 0 Å². The van der Waals surface area contributed by atoms with E-state index in [2.05, 4.69) is 15.6 Å². The van der Waals surface area contributed by atoms with Gasteiger partial charge in [-0.05, 0) is 56.2 Å². The molecule has 1 fully saturated rings. The lowest BCUT2D eigenvalue weighted by atomic mass is 10.2. The number of nitrogens with zero attached hydrogens (tertiary/aromatic N) is 1. The van der Waals surface area contributed by atoms with Gasteiger partial charge in [-0.1, -0.05) is 12.1 Å². The van der Waals surface area contributed by atoms with Crippen LogP contribution in [-0.2, 0) is 11.4 Å². The number of hydrogen-bond acceptors (Lipinski definition) is 5. The van der Waals surface area contributed by atoms with Crippen LogP contribution < -0.4 is 15.4 Å². The molecule has 0 radical (unpaired) electrons. The lowest BCUT2D eigenvalue weighted by molar-refractivity contribution is -0.117. The molecule has 2 amide bonds. The zero-order chi connectivity index (χ0) is 20.2. The maximum absolute atomic E-state index is 12.6. The monoisotopic (exact) mass is 407 g/mol. The highest BCUT2D eigenvalue weighted by Gasteiger charge is 2.29. The summed E-state index contributed by atoms with van der Waals surface area (Å²) in [5.74, 6) is 0.525. The predicted octanol–water partition coefficient (Wildman–Crippen LogP) is 4.63. The third-order valence-electron chi connectivity index (χ3n) is 4.49. The summed E-state index contributed by atoms with van der Waals surface area (Å²) in [6.45, 7) is 2.31. The Morgan fingerprint density at radius 2 is 1.86 bits per heavy atom. The second-order valence-electron chi connectivity index (χ2n) is 6.97. The Morgan fingerprint density at radius 3 is 2.59 bits per heavy atom. The summed E-state index contributed by atoms with van der Waals surface area (Å²) in [4.78, 5) is 28.9. The van der Waals surface area contributed by atoms with E-state index in [1.165, 1.54) is 0 Å². The van der Waals surface area contributed by atoms with Gasteiger partial charge in [-0.2, -0.15) is 0 Å². The number of carbonyl (C=O) groups excluding carboxylic acids is 2. The number of aromatic nitrogens is 1. The second-order valence-corrected chi connectivity index (χ2v) is 8.04. The highest BCUT2D eigenvalue weighted by molar-refractivity contribution is 7.09. The van der Waals surface area contributed by atoms with Crippen molar-refractivity contribution >= 4 is 34.5 Å². The topological polar surface area (TPSA) is 80.3 Å². The third kappa shape index (κ3) is 5.20. The molecular formula is C22H21N3O3S. The first-order valence-electron chi connectivity index (χ1n) is 9.43. The van der Waals surface area contributed by atoms with E-state index < -0.39 is 0 Å². The fourth-order valence-electron chi connectivity index (χ4n) is 2.83. The van der Waals surface area contributed by atoms with Gasteiger partial charge in [-0.3, -0.25) is 9.59 Å². The molecule has 2 N–H and O–H groups in total. The number of carbonyl (C=O) groups is 2. The van der Waals surface area contributed by atoms with Crippen LogP contribution >= 0.6 is 11.3 Å². The molecule has 2 aromatic carbocycles. The Bertz CT molecular complexity index is 1040. The molecule has 1 aromatic heterocycles. The van der Waals surface area contributed by atoms with Crippen molar-refractivity contribution < 1.29 is 14.3 Å². The summed E-state index contributed by atoms with van der Waals surface area (Å²) in [6.07, 6.45) is 1.89. The Labute approximate surface area is 172 Å². The minimum absolute atomic E-state index is 0.0358. The molecule has 4 rings (SSSR count). The van der Waals surface area contributed by atoms with Crippen molar-refractivity contribution in [3.63, 3.8) is 0 Å². The van der Waals surface area contributed by atoms with E-state index in [0.29, 0.717) is 29.3 Å². The fraction of sp³-hybridized carbons (Fsp3) is 0.227. The molecule has 0 spiro atoms. The molecule has 6 nitrogen and oxygen atoms in total. The lowest BCUT2D eigenvalue weighted by Gasteiger charge is -2.10. The predicted molar refractivity (Wildman–Crippen MR) is 113 cm³/mol. The quantitative estimate of drug-likeness (QED) is 0.598. The smallest absolute Gasteiger partial charge is 0.255 e. The van der Waals surface area contributed by atoms with Crippen molar-refractivity contribution in [2.45, 2.75) is 26.4 Å². The van der Waals surface area contributed by atoms with E-state index in [9.17, 15) is 9.59 Å². The number of benzene rings is 2. The van der Waals surface area contributed by atoms with Gasteiger partial charge in [0.1, 0.15) is 12.4 Å². The van der Waals surface area contributed by atoms with Crippen LogP contribution in [0.15, 0.2) is 53.9 Å². The average Bonchev–Trinajstić information content (AvgIpc) is 3.49. The zero-order valence-corrected chi connectivity index (χ0v) is 16.8. The van der Waals surface area contributed by atoms with Gasteiger partial charge in [-0.25, -0.2) is 4.98 Å². The van der Waals surface area contributed by atoms with Crippen LogP contribution in [0.1, 0.15) is 33.9 Å².